The zero-order valence-electron chi connectivity index (χ0n) is 14.7. The van der Waals surface area contributed by atoms with Gasteiger partial charge in [0.25, 0.3) is 0 Å². The van der Waals surface area contributed by atoms with Crippen molar-refractivity contribution < 1.29 is 13.2 Å². The van der Waals surface area contributed by atoms with Gasteiger partial charge in [-0.1, -0.05) is 19.3 Å². The fraction of sp³-hybridized carbons (Fsp3) is 0.947. The van der Waals surface area contributed by atoms with Crippen LogP contribution in [0.1, 0.15) is 70.6 Å². The Balaban J connectivity index is 1.36. The maximum atomic E-state index is 12.7. The molecule has 4 aliphatic rings. The van der Waals surface area contributed by atoms with E-state index in [2.05, 4.69) is 0 Å². The molecule has 0 aromatic rings. The summed E-state index contributed by atoms with van der Waals surface area (Å²) in [5, 5.41) is -0.256. The topological polar surface area (TPSA) is 54.5 Å². The lowest BCUT2D eigenvalue weighted by atomic mass is 9.84. The van der Waals surface area contributed by atoms with Crippen LogP contribution in [0.3, 0.4) is 0 Å². The lowest BCUT2D eigenvalue weighted by Crippen LogP contribution is -2.41. The molecule has 136 valence electrons. The van der Waals surface area contributed by atoms with Gasteiger partial charge in [0, 0.05) is 12.6 Å². The van der Waals surface area contributed by atoms with E-state index in [0.717, 1.165) is 69.2 Å². The van der Waals surface area contributed by atoms with Gasteiger partial charge >= 0.3 is 0 Å². The average Bonchev–Trinajstić information content (AvgIpc) is 3.31. The summed E-state index contributed by atoms with van der Waals surface area (Å²) < 4.78 is 25.0. The third kappa shape index (κ3) is 3.25. The van der Waals surface area contributed by atoms with E-state index in [4.69, 9.17) is 0 Å². The lowest BCUT2D eigenvalue weighted by molar-refractivity contribution is -0.129. The number of sulfone groups is 1. The van der Waals surface area contributed by atoms with Crippen molar-refractivity contribution >= 4 is 15.7 Å². The first-order valence-corrected chi connectivity index (χ1v) is 11.8. The molecular weight excluding hydrogens is 322 g/mol. The third-order valence-corrected chi connectivity index (χ3v) is 9.43. The molecule has 0 spiro atoms. The lowest BCUT2D eigenvalue weighted by Gasteiger charge is -2.30. The number of fused-ring (bicyclic) bond motifs is 2. The highest BCUT2D eigenvalue weighted by Crippen LogP contribution is 2.50. The molecule has 3 aliphatic carbocycles. The van der Waals surface area contributed by atoms with Gasteiger partial charge in [-0.15, -0.1) is 0 Å². The number of carbonyl (C=O) groups is 1. The molecule has 0 N–H and O–H groups in total. The zero-order chi connectivity index (χ0) is 16.7. The number of hydrogen-bond donors (Lipinski definition) is 0. The maximum absolute atomic E-state index is 12.7. The quantitative estimate of drug-likeness (QED) is 0.763. The minimum Gasteiger partial charge on any atom is -0.339 e. The van der Waals surface area contributed by atoms with E-state index >= 15 is 0 Å². The van der Waals surface area contributed by atoms with Gasteiger partial charge in [-0.3, -0.25) is 4.79 Å². The van der Waals surface area contributed by atoms with Crippen molar-refractivity contribution in [3.8, 4) is 0 Å². The Labute approximate surface area is 146 Å². The number of nitrogens with zero attached hydrogens (tertiary/aromatic N) is 1. The van der Waals surface area contributed by atoms with Gasteiger partial charge in [0.05, 0.1) is 5.25 Å². The van der Waals surface area contributed by atoms with Crippen LogP contribution in [0.5, 0.6) is 0 Å². The highest BCUT2D eigenvalue weighted by Gasteiger charge is 2.42. The number of hydrogen-bond acceptors (Lipinski definition) is 3. The van der Waals surface area contributed by atoms with E-state index in [0.29, 0.717) is 6.04 Å². The number of rotatable bonds is 5. The fourth-order valence-corrected chi connectivity index (χ4v) is 7.84. The summed E-state index contributed by atoms with van der Waals surface area (Å²) in [4.78, 5) is 14.6. The van der Waals surface area contributed by atoms with Crippen LogP contribution in [0.4, 0.5) is 0 Å². The SMILES string of the molecule is O=C(CS(=O)(=O)C1CCCC1)N1CCC[C@@H]1C[C@H]1C[C@@H]2CC[C@@H]1C2. The third-order valence-electron chi connectivity index (χ3n) is 7.29. The molecule has 24 heavy (non-hydrogen) atoms. The second kappa shape index (κ2) is 6.62. The van der Waals surface area contributed by atoms with E-state index < -0.39 is 9.84 Å². The van der Waals surface area contributed by atoms with Gasteiger partial charge in [-0.25, -0.2) is 8.42 Å². The Hall–Kier alpha value is -0.580. The van der Waals surface area contributed by atoms with E-state index in [9.17, 15) is 13.2 Å². The summed E-state index contributed by atoms with van der Waals surface area (Å²) >= 11 is 0. The molecule has 1 aliphatic heterocycles. The molecule has 3 saturated carbocycles. The van der Waals surface area contributed by atoms with Crippen molar-refractivity contribution in [2.24, 2.45) is 17.8 Å². The van der Waals surface area contributed by atoms with Crippen molar-refractivity contribution in [2.45, 2.75) is 81.9 Å². The molecule has 1 saturated heterocycles. The highest BCUT2D eigenvalue weighted by molar-refractivity contribution is 7.92. The molecule has 1 amide bonds. The zero-order valence-corrected chi connectivity index (χ0v) is 15.5. The molecule has 0 aromatic carbocycles. The normalized spacial score (nSPS) is 36.8. The van der Waals surface area contributed by atoms with E-state index in [1.54, 1.807) is 0 Å². The average molecular weight is 354 g/mol. The van der Waals surface area contributed by atoms with E-state index in [-0.39, 0.29) is 16.9 Å². The van der Waals surface area contributed by atoms with Crippen LogP contribution < -0.4 is 0 Å². The highest BCUT2D eigenvalue weighted by atomic mass is 32.2. The second-order valence-electron chi connectivity index (χ2n) is 8.77. The monoisotopic (exact) mass is 353 g/mol. The summed E-state index contributed by atoms with van der Waals surface area (Å²) in [6.07, 6.45) is 12.3. The van der Waals surface area contributed by atoms with Crippen LogP contribution in [-0.2, 0) is 14.6 Å². The standard InChI is InChI=1S/C19H31NO3S/c21-19(13-24(22,23)18-5-1-2-6-18)20-9-3-4-17(20)12-16-11-14-7-8-15(16)10-14/h14-18H,1-13H2/t14-,15-,16-,17-/m1/s1. The first-order chi connectivity index (χ1) is 11.5. The Morgan fingerprint density at radius 1 is 0.958 bits per heavy atom. The molecule has 4 atom stereocenters. The van der Waals surface area contributed by atoms with Crippen LogP contribution in [0.15, 0.2) is 0 Å². The van der Waals surface area contributed by atoms with Crippen molar-refractivity contribution in [3.05, 3.63) is 0 Å². The molecule has 0 radical (unpaired) electrons. The molecule has 4 fully saturated rings. The summed E-state index contributed by atoms with van der Waals surface area (Å²) in [7, 11) is -3.25. The molecular formula is C19H31NO3S. The minimum atomic E-state index is -3.25. The van der Waals surface area contributed by atoms with Crippen LogP contribution in [-0.4, -0.2) is 42.8 Å². The van der Waals surface area contributed by atoms with Crippen molar-refractivity contribution in [3.63, 3.8) is 0 Å². The fourth-order valence-electron chi connectivity index (χ4n) is 6.04. The maximum Gasteiger partial charge on any atom is 0.238 e. The van der Waals surface area contributed by atoms with Gasteiger partial charge in [0.1, 0.15) is 5.75 Å². The molecule has 2 bridgehead atoms. The molecule has 0 unspecified atom stereocenters. The molecule has 4 rings (SSSR count). The first-order valence-electron chi connectivity index (χ1n) is 10.0. The van der Waals surface area contributed by atoms with Gasteiger partial charge < -0.3 is 4.90 Å². The Morgan fingerprint density at radius 2 is 1.75 bits per heavy atom. The first kappa shape index (κ1) is 16.9. The van der Waals surface area contributed by atoms with Crippen LogP contribution in [0.25, 0.3) is 0 Å². The number of carbonyl (C=O) groups excluding carboxylic acids is 1. The molecule has 0 aromatic heterocycles. The Morgan fingerprint density at radius 3 is 2.42 bits per heavy atom. The predicted molar refractivity (Wildman–Crippen MR) is 94.3 cm³/mol. The van der Waals surface area contributed by atoms with Crippen molar-refractivity contribution in [2.75, 3.05) is 12.3 Å². The predicted octanol–water partition coefficient (Wildman–Crippen LogP) is 3.16. The van der Waals surface area contributed by atoms with E-state index in [1.807, 2.05) is 4.90 Å². The largest absolute Gasteiger partial charge is 0.339 e. The summed E-state index contributed by atoms with van der Waals surface area (Å²) in [6, 6.07) is 0.306. The van der Waals surface area contributed by atoms with E-state index in [1.165, 1.54) is 25.7 Å². The van der Waals surface area contributed by atoms with Crippen LogP contribution in [0, 0.1) is 17.8 Å². The van der Waals surface area contributed by atoms with Gasteiger partial charge in [-0.05, 0) is 69.1 Å². The second-order valence-corrected chi connectivity index (χ2v) is 11.0. The van der Waals surface area contributed by atoms with Crippen molar-refractivity contribution in [1.29, 1.82) is 0 Å². The van der Waals surface area contributed by atoms with Gasteiger partial charge in [-0.2, -0.15) is 0 Å². The summed E-state index contributed by atoms with van der Waals surface area (Å²) in [5.74, 6) is 2.24. The van der Waals surface area contributed by atoms with Crippen LogP contribution in [0.2, 0.25) is 0 Å². The molecule has 4 nitrogen and oxygen atoms in total. The van der Waals surface area contributed by atoms with Crippen LogP contribution >= 0.6 is 0 Å². The number of amides is 1. The Kier molecular flexibility index (Phi) is 4.65. The van der Waals surface area contributed by atoms with Crippen molar-refractivity contribution in [1.82, 2.24) is 4.90 Å². The smallest absolute Gasteiger partial charge is 0.238 e. The Bertz CT molecular complexity index is 581. The molecule has 1 heterocycles. The summed E-state index contributed by atoms with van der Waals surface area (Å²) in [5.41, 5.74) is 0. The molecule has 5 heteroatoms. The minimum absolute atomic E-state index is 0.118. The van der Waals surface area contributed by atoms with Gasteiger partial charge in [0.15, 0.2) is 9.84 Å². The summed E-state index contributed by atoms with van der Waals surface area (Å²) in [6.45, 7) is 0.768. The number of likely N-dealkylation sites (tertiary alicyclic amines) is 1. The van der Waals surface area contributed by atoms with Gasteiger partial charge in [0.2, 0.25) is 5.91 Å².